The summed E-state index contributed by atoms with van der Waals surface area (Å²) < 4.78 is 35.5. The van der Waals surface area contributed by atoms with Gasteiger partial charge in [0, 0.05) is 45.4 Å². The molecule has 0 radical (unpaired) electrons. The first kappa shape index (κ1) is 23.8. The van der Waals surface area contributed by atoms with Gasteiger partial charge in [0.15, 0.2) is 0 Å². The molecule has 9 heteroatoms. The summed E-state index contributed by atoms with van der Waals surface area (Å²) in [5.74, 6) is -3.60. The minimum Gasteiger partial charge on any atom is -0.393 e. The molecular weight excluding hydrogens is 422 g/mol. The minimum atomic E-state index is -1.31. The Kier molecular flexibility index (Phi) is 7.49. The predicted molar refractivity (Wildman–Crippen MR) is 117 cm³/mol. The van der Waals surface area contributed by atoms with Gasteiger partial charge in [0.2, 0.25) is 11.8 Å². The Labute approximate surface area is 183 Å². The van der Waals surface area contributed by atoms with Gasteiger partial charge in [-0.25, -0.2) is 8.78 Å². The molecule has 2 aliphatic rings. The summed E-state index contributed by atoms with van der Waals surface area (Å²) in [7, 11) is -1.31. The average Bonchev–Trinajstić information content (AvgIpc) is 2.68. The maximum atomic E-state index is 15.0. The number of hydrogen-bond acceptors (Lipinski definition) is 5. The van der Waals surface area contributed by atoms with E-state index < -0.39 is 31.5 Å². The van der Waals surface area contributed by atoms with Crippen LogP contribution in [0.5, 0.6) is 0 Å². The second-order valence-electron chi connectivity index (χ2n) is 9.64. The molecule has 0 aliphatic carbocycles. The minimum absolute atomic E-state index is 0.0401. The summed E-state index contributed by atoms with van der Waals surface area (Å²) >= 11 is 0. The van der Waals surface area contributed by atoms with E-state index in [9.17, 15) is 23.5 Å². The van der Waals surface area contributed by atoms with E-state index in [1.54, 1.807) is 0 Å². The highest BCUT2D eigenvalue weighted by Crippen LogP contribution is 2.35. The van der Waals surface area contributed by atoms with Crippen molar-refractivity contribution in [2.45, 2.75) is 63.4 Å². The molecule has 0 aromatic heterocycles. The molecule has 2 fully saturated rings. The number of likely N-dealkylation sites (tertiary alicyclic amines) is 1. The Morgan fingerprint density at radius 3 is 2.29 bits per heavy atom. The Bertz CT molecular complexity index is 799. The van der Waals surface area contributed by atoms with Crippen LogP contribution in [0.4, 0.5) is 14.5 Å². The van der Waals surface area contributed by atoms with Crippen molar-refractivity contribution in [1.82, 2.24) is 4.90 Å². The SMILES string of the molecule is C[Si](C)(C)CCOCN1C(=O)CCC(c2c(F)cc(N3CCC(O)CC3)cc2F)C1=O. The fraction of sp³-hybridized carbons (Fsp3) is 0.636. The van der Waals surface area contributed by atoms with Crippen molar-refractivity contribution in [3.63, 3.8) is 0 Å². The molecule has 1 aromatic carbocycles. The fourth-order valence-electron chi connectivity index (χ4n) is 3.99. The van der Waals surface area contributed by atoms with Crippen LogP contribution >= 0.6 is 0 Å². The highest BCUT2D eigenvalue weighted by molar-refractivity contribution is 6.76. The zero-order valence-corrected chi connectivity index (χ0v) is 19.5. The number of carbonyl (C=O) groups excluding carboxylic acids is 2. The van der Waals surface area contributed by atoms with E-state index in [0.29, 0.717) is 38.2 Å². The number of benzene rings is 1. The lowest BCUT2D eigenvalue weighted by Gasteiger charge is -2.33. The lowest BCUT2D eigenvalue weighted by atomic mass is 9.88. The summed E-state index contributed by atoms with van der Waals surface area (Å²) in [6, 6.07) is 3.38. The maximum absolute atomic E-state index is 15.0. The van der Waals surface area contributed by atoms with E-state index in [2.05, 4.69) is 19.6 Å². The lowest BCUT2D eigenvalue weighted by Crippen LogP contribution is -2.45. The number of halogens is 2. The Hall–Kier alpha value is -1.84. The summed E-state index contributed by atoms with van der Waals surface area (Å²) in [5, 5.41) is 9.64. The molecule has 1 unspecified atom stereocenters. The third kappa shape index (κ3) is 5.90. The monoisotopic (exact) mass is 454 g/mol. The standard InChI is InChI=1S/C22H32F2N2O4Si/c1-31(2,3)11-10-30-14-26-20(28)5-4-17(22(26)29)21-18(23)12-15(13-19(21)24)25-8-6-16(27)7-9-25/h12-13,16-17,27H,4-11,14H2,1-3H3. The van der Waals surface area contributed by atoms with Gasteiger partial charge in [0.25, 0.3) is 0 Å². The molecule has 2 amide bonds. The number of amides is 2. The number of piperidine rings is 2. The molecule has 2 saturated heterocycles. The predicted octanol–water partition coefficient (Wildman–Crippen LogP) is 3.47. The molecule has 0 saturated carbocycles. The molecule has 1 N–H and O–H groups in total. The number of hydrogen-bond donors (Lipinski definition) is 1. The third-order valence-electron chi connectivity index (χ3n) is 5.97. The van der Waals surface area contributed by atoms with Crippen LogP contribution in [-0.2, 0) is 14.3 Å². The van der Waals surface area contributed by atoms with Crippen molar-refractivity contribution in [3.8, 4) is 0 Å². The van der Waals surface area contributed by atoms with Crippen LogP contribution in [0.25, 0.3) is 0 Å². The second-order valence-corrected chi connectivity index (χ2v) is 15.3. The Morgan fingerprint density at radius 1 is 1.10 bits per heavy atom. The number of carbonyl (C=O) groups is 2. The number of rotatable bonds is 7. The van der Waals surface area contributed by atoms with Gasteiger partial charge in [0.1, 0.15) is 18.4 Å². The summed E-state index contributed by atoms with van der Waals surface area (Å²) in [6.07, 6.45) is 0.813. The summed E-state index contributed by atoms with van der Waals surface area (Å²) in [4.78, 5) is 28.0. The van der Waals surface area contributed by atoms with Crippen molar-refractivity contribution >= 4 is 25.6 Å². The molecule has 0 bridgehead atoms. The Balaban J connectivity index is 1.72. The smallest absolute Gasteiger partial charge is 0.238 e. The zero-order chi connectivity index (χ0) is 22.8. The summed E-state index contributed by atoms with van der Waals surface area (Å²) in [6.45, 7) is 7.88. The van der Waals surface area contributed by atoms with E-state index in [4.69, 9.17) is 4.74 Å². The van der Waals surface area contributed by atoms with Crippen molar-refractivity contribution in [1.29, 1.82) is 0 Å². The van der Waals surface area contributed by atoms with Crippen molar-refractivity contribution < 1.29 is 28.2 Å². The number of ether oxygens (including phenoxy) is 1. The quantitative estimate of drug-likeness (QED) is 0.388. The lowest BCUT2D eigenvalue weighted by molar-refractivity contribution is -0.155. The van der Waals surface area contributed by atoms with E-state index in [1.165, 1.54) is 12.1 Å². The van der Waals surface area contributed by atoms with Gasteiger partial charge < -0.3 is 14.7 Å². The van der Waals surface area contributed by atoms with Gasteiger partial charge in [-0.15, -0.1) is 0 Å². The molecule has 1 aromatic rings. The average molecular weight is 455 g/mol. The maximum Gasteiger partial charge on any atom is 0.238 e. The summed E-state index contributed by atoms with van der Waals surface area (Å²) in [5.41, 5.74) is 0.113. The number of nitrogens with zero attached hydrogens (tertiary/aromatic N) is 2. The molecule has 0 spiro atoms. The van der Waals surface area contributed by atoms with Gasteiger partial charge in [0.05, 0.1) is 12.0 Å². The molecular formula is C22H32F2N2O4Si. The highest BCUT2D eigenvalue weighted by Gasteiger charge is 2.38. The first-order valence-electron chi connectivity index (χ1n) is 10.9. The van der Waals surface area contributed by atoms with E-state index in [0.717, 1.165) is 10.9 Å². The Morgan fingerprint density at radius 2 is 1.71 bits per heavy atom. The highest BCUT2D eigenvalue weighted by atomic mass is 28.3. The topological polar surface area (TPSA) is 70.1 Å². The fourth-order valence-corrected chi connectivity index (χ4v) is 4.74. The first-order chi connectivity index (χ1) is 14.6. The van der Waals surface area contributed by atoms with E-state index in [-0.39, 0.29) is 37.1 Å². The van der Waals surface area contributed by atoms with Gasteiger partial charge in [-0.1, -0.05) is 19.6 Å². The number of aliphatic hydroxyl groups is 1. The van der Waals surface area contributed by atoms with Crippen molar-refractivity contribution in [2.75, 3.05) is 31.3 Å². The molecule has 31 heavy (non-hydrogen) atoms. The number of aliphatic hydroxyl groups excluding tert-OH is 1. The molecule has 6 nitrogen and oxygen atoms in total. The van der Waals surface area contributed by atoms with Crippen LogP contribution < -0.4 is 4.90 Å². The normalized spacial score (nSPS) is 21.2. The van der Waals surface area contributed by atoms with Gasteiger partial charge in [-0.2, -0.15) is 0 Å². The van der Waals surface area contributed by atoms with Crippen LogP contribution in [0, 0.1) is 11.6 Å². The molecule has 2 aliphatic heterocycles. The molecule has 2 heterocycles. The first-order valence-corrected chi connectivity index (χ1v) is 14.6. The van der Waals surface area contributed by atoms with Crippen molar-refractivity contribution in [3.05, 3.63) is 29.3 Å². The third-order valence-corrected chi connectivity index (χ3v) is 7.67. The van der Waals surface area contributed by atoms with Crippen LogP contribution in [0.3, 0.4) is 0 Å². The second kappa shape index (κ2) is 9.75. The van der Waals surface area contributed by atoms with Crippen LogP contribution in [0.2, 0.25) is 25.7 Å². The van der Waals surface area contributed by atoms with Gasteiger partial charge >= 0.3 is 0 Å². The number of imide groups is 1. The molecule has 1 atom stereocenters. The van der Waals surface area contributed by atoms with Crippen molar-refractivity contribution in [2.24, 2.45) is 0 Å². The molecule has 172 valence electrons. The van der Waals surface area contributed by atoms with Crippen LogP contribution in [0.1, 0.15) is 37.2 Å². The van der Waals surface area contributed by atoms with Crippen LogP contribution in [-0.4, -0.2) is 62.4 Å². The molecule has 3 rings (SSSR count). The van der Waals surface area contributed by atoms with E-state index >= 15 is 0 Å². The zero-order valence-electron chi connectivity index (χ0n) is 18.5. The largest absolute Gasteiger partial charge is 0.393 e. The van der Waals surface area contributed by atoms with Gasteiger partial charge in [-0.3, -0.25) is 14.5 Å². The van der Waals surface area contributed by atoms with Gasteiger partial charge in [-0.05, 0) is 37.4 Å². The number of anilines is 1. The van der Waals surface area contributed by atoms with Crippen LogP contribution in [0.15, 0.2) is 12.1 Å². The van der Waals surface area contributed by atoms with E-state index in [1.807, 2.05) is 4.90 Å².